The number of tetrazole rings is 1. The molecule has 1 saturated heterocycles. The first kappa shape index (κ1) is 22.3. The van der Waals surface area contributed by atoms with Crippen molar-refractivity contribution < 1.29 is 43.2 Å². The van der Waals surface area contributed by atoms with Crippen LogP contribution >= 0.6 is 11.8 Å². The maximum Gasteiger partial charge on any atom is 1.00 e. The molecule has 1 aliphatic heterocycles. The molecule has 0 aliphatic carbocycles. The molecule has 3 rings (SSSR count). The van der Waals surface area contributed by atoms with Crippen molar-refractivity contribution in [1.29, 1.82) is 0 Å². The first-order chi connectivity index (χ1) is 13.0. The normalized spacial score (nSPS) is 16.4. The fourth-order valence-electron chi connectivity index (χ4n) is 2.50. The van der Waals surface area contributed by atoms with Gasteiger partial charge in [0.05, 0.1) is 24.0 Å². The average molecular weight is 401 g/mol. The van der Waals surface area contributed by atoms with Crippen molar-refractivity contribution in [2.75, 3.05) is 13.2 Å². The van der Waals surface area contributed by atoms with Crippen molar-refractivity contribution in [3.8, 4) is 0 Å². The van der Waals surface area contributed by atoms with E-state index in [4.69, 9.17) is 9.47 Å². The summed E-state index contributed by atoms with van der Waals surface area (Å²) >= 11 is 0.979. The number of ether oxygens (including phenoxy) is 2. The maximum atomic E-state index is 11.3. The Morgan fingerprint density at radius 2 is 2.25 bits per heavy atom. The summed E-state index contributed by atoms with van der Waals surface area (Å²) in [7, 11) is 0. The second-order valence-corrected chi connectivity index (χ2v) is 6.69. The summed E-state index contributed by atoms with van der Waals surface area (Å²) in [5.74, 6) is -1.52. The molecule has 1 atom stereocenters. The molecule has 1 fully saturated rings. The van der Waals surface area contributed by atoms with Gasteiger partial charge in [-0.25, -0.2) is 4.68 Å². The standard InChI is InChI=1S/C15H17N5O6S.Li/c21-14(22)11-9-10(20(23)24)4-5-12(11)27-15-16-17-18-19(15)6-8-26-13-3-1-2-7-25-13;/h4-5,9,13H,1-3,6-8H2,(H,21,22);/q;+1/p-1. The Hall–Kier alpha value is -1.97. The van der Waals surface area contributed by atoms with Crippen LogP contribution in [0.5, 0.6) is 0 Å². The number of carbonyl (C=O) groups excluding carboxylic acids is 1. The van der Waals surface area contributed by atoms with E-state index >= 15 is 0 Å². The zero-order valence-electron chi connectivity index (χ0n) is 15.1. The predicted molar refractivity (Wildman–Crippen MR) is 88.9 cm³/mol. The molecule has 13 heteroatoms. The molecule has 1 unspecified atom stereocenters. The van der Waals surface area contributed by atoms with E-state index in [0.29, 0.717) is 24.9 Å². The summed E-state index contributed by atoms with van der Waals surface area (Å²) in [6.07, 6.45) is 2.70. The molecule has 0 saturated carbocycles. The molecule has 0 N–H and O–H groups in total. The number of benzene rings is 1. The molecule has 28 heavy (non-hydrogen) atoms. The van der Waals surface area contributed by atoms with Gasteiger partial charge in [-0.05, 0) is 47.5 Å². The number of aromatic carboxylic acids is 1. The van der Waals surface area contributed by atoms with E-state index in [9.17, 15) is 20.0 Å². The number of hydrogen-bond donors (Lipinski definition) is 0. The van der Waals surface area contributed by atoms with E-state index in [0.717, 1.165) is 37.1 Å². The molecule has 1 aromatic heterocycles. The van der Waals surface area contributed by atoms with Crippen LogP contribution in [0.3, 0.4) is 0 Å². The second-order valence-electron chi connectivity index (χ2n) is 5.68. The molecule has 1 aliphatic rings. The van der Waals surface area contributed by atoms with Gasteiger partial charge in [-0.15, -0.1) is 5.10 Å². The summed E-state index contributed by atoms with van der Waals surface area (Å²) in [6, 6.07) is 3.50. The van der Waals surface area contributed by atoms with Gasteiger partial charge in [0.15, 0.2) is 6.29 Å². The van der Waals surface area contributed by atoms with E-state index < -0.39 is 10.9 Å². The smallest absolute Gasteiger partial charge is 0.545 e. The van der Waals surface area contributed by atoms with E-state index in [2.05, 4.69) is 15.5 Å². The van der Waals surface area contributed by atoms with Gasteiger partial charge >= 0.3 is 18.9 Å². The Morgan fingerprint density at radius 3 is 2.93 bits per heavy atom. The maximum absolute atomic E-state index is 11.3. The van der Waals surface area contributed by atoms with Crippen molar-refractivity contribution in [3.63, 3.8) is 0 Å². The van der Waals surface area contributed by atoms with Gasteiger partial charge in [-0.3, -0.25) is 10.1 Å². The third-order valence-electron chi connectivity index (χ3n) is 3.84. The molecule has 2 heterocycles. The van der Waals surface area contributed by atoms with Gasteiger partial charge in [-0.2, -0.15) is 0 Å². The number of aromatic nitrogens is 4. The van der Waals surface area contributed by atoms with Crippen LogP contribution in [0.1, 0.15) is 29.6 Å². The number of nitrogens with zero attached hydrogens (tertiary/aromatic N) is 5. The summed E-state index contributed by atoms with van der Waals surface area (Å²) in [4.78, 5) is 21.7. The zero-order chi connectivity index (χ0) is 19.2. The first-order valence-electron chi connectivity index (χ1n) is 8.21. The Balaban J connectivity index is 0.00000280. The molecular weight excluding hydrogens is 385 g/mol. The van der Waals surface area contributed by atoms with Crippen molar-refractivity contribution in [1.82, 2.24) is 20.2 Å². The summed E-state index contributed by atoms with van der Waals surface area (Å²) < 4.78 is 12.6. The Kier molecular flexibility index (Phi) is 8.40. The number of hydrogen-bond acceptors (Lipinski definition) is 10. The molecule has 1 aromatic carbocycles. The van der Waals surface area contributed by atoms with Gasteiger partial charge in [0.2, 0.25) is 5.16 Å². The fraction of sp³-hybridized carbons (Fsp3) is 0.467. The van der Waals surface area contributed by atoms with Crippen molar-refractivity contribution in [2.24, 2.45) is 0 Å². The molecule has 0 spiro atoms. The average Bonchev–Trinajstić information content (AvgIpc) is 3.09. The molecule has 2 aromatic rings. The van der Waals surface area contributed by atoms with Crippen LogP contribution in [0.25, 0.3) is 0 Å². The van der Waals surface area contributed by atoms with Crippen LogP contribution in [-0.2, 0) is 16.0 Å². The largest absolute Gasteiger partial charge is 1.00 e. The summed E-state index contributed by atoms with van der Waals surface area (Å²) in [5, 5.41) is 33.8. The Bertz CT molecular complexity index is 829. The van der Waals surface area contributed by atoms with Crippen LogP contribution < -0.4 is 24.0 Å². The molecule has 144 valence electrons. The first-order valence-corrected chi connectivity index (χ1v) is 9.03. The van der Waals surface area contributed by atoms with Crippen LogP contribution in [0.15, 0.2) is 28.3 Å². The molecule has 0 amide bonds. The Labute approximate surface area is 176 Å². The minimum atomic E-state index is -1.52. The van der Waals surface area contributed by atoms with Gasteiger partial charge in [0, 0.05) is 29.2 Å². The third-order valence-corrected chi connectivity index (χ3v) is 4.89. The predicted octanol–water partition coefficient (Wildman–Crippen LogP) is -2.36. The number of carboxylic acid groups (broad SMARTS) is 1. The van der Waals surface area contributed by atoms with Crippen LogP contribution in [-0.4, -0.2) is 50.6 Å². The van der Waals surface area contributed by atoms with Crippen molar-refractivity contribution in [3.05, 3.63) is 33.9 Å². The SMILES string of the molecule is O=C([O-])c1cc([N+](=O)[O-])ccc1Sc1nnnn1CCOC1CCCCO1.[Li+]. The van der Waals surface area contributed by atoms with E-state index in [-0.39, 0.29) is 41.3 Å². The summed E-state index contributed by atoms with van der Waals surface area (Å²) in [6.45, 7) is 1.36. The Morgan fingerprint density at radius 1 is 1.43 bits per heavy atom. The third kappa shape index (κ3) is 5.76. The summed E-state index contributed by atoms with van der Waals surface area (Å²) in [5.41, 5.74) is -0.630. The number of carboxylic acids is 1. The van der Waals surface area contributed by atoms with Crippen molar-refractivity contribution >= 4 is 23.4 Å². The van der Waals surface area contributed by atoms with Crippen LogP contribution in [0.2, 0.25) is 0 Å². The van der Waals surface area contributed by atoms with Gasteiger partial charge in [-0.1, -0.05) is 0 Å². The van der Waals surface area contributed by atoms with Gasteiger partial charge < -0.3 is 19.4 Å². The van der Waals surface area contributed by atoms with E-state index in [1.165, 1.54) is 16.8 Å². The number of non-ortho nitro benzene ring substituents is 1. The number of rotatable bonds is 8. The van der Waals surface area contributed by atoms with E-state index in [1.54, 1.807) is 0 Å². The minimum Gasteiger partial charge on any atom is -0.545 e. The second kappa shape index (κ2) is 10.5. The van der Waals surface area contributed by atoms with E-state index in [1.807, 2.05) is 0 Å². The topological polar surface area (TPSA) is 145 Å². The van der Waals surface area contributed by atoms with Crippen molar-refractivity contribution in [2.45, 2.75) is 42.1 Å². The van der Waals surface area contributed by atoms with Gasteiger partial charge in [0.1, 0.15) is 0 Å². The number of carbonyl (C=O) groups is 1. The van der Waals surface area contributed by atoms with Gasteiger partial charge in [0.25, 0.3) is 5.69 Å². The molecular formula is C15H16LiN5O6S. The van der Waals surface area contributed by atoms with Crippen LogP contribution in [0, 0.1) is 10.1 Å². The monoisotopic (exact) mass is 401 g/mol. The zero-order valence-corrected chi connectivity index (χ0v) is 16.0. The number of nitro benzene ring substituents is 1. The fourth-order valence-corrected chi connectivity index (χ4v) is 3.40. The minimum absolute atomic E-state index is 0. The molecule has 0 radical (unpaired) electrons. The van der Waals surface area contributed by atoms with Crippen LogP contribution in [0.4, 0.5) is 5.69 Å². The molecule has 0 bridgehead atoms. The number of nitro groups is 1. The molecule has 11 nitrogen and oxygen atoms in total. The quantitative estimate of drug-likeness (QED) is 0.267.